The summed E-state index contributed by atoms with van der Waals surface area (Å²) in [6.45, 7) is -0.00154. The molecule has 1 atom stereocenters. The molecule has 11 nitrogen and oxygen atoms in total. The zero-order valence-electron chi connectivity index (χ0n) is 17.4. The van der Waals surface area contributed by atoms with Crippen molar-refractivity contribution in [2.24, 2.45) is 0 Å². The molecule has 0 amide bonds. The van der Waals surface area contributed by atoms with Gasteiger partial charge in [-0.05, 0) is 24.1 Å². The van der Waals surface area contributed by atoms with Crippen LogP contribution in [-0.4, -0.2) is 34.9 Å². The summed E-state index contributed by atoms with van der Waals surface area (Å²) in [7, 11) is 1.07. The predicted molar refractivity (Wildman–Crippen MR) is 112 cm³/mol. The van der Waals surface area contributed by atoms with E-state index in [1.54, 1.807) is 30.3 Å². The minimum Gasteiger partial charge on any atom is -0.480 e. The van der Waals surface area contributed by atoms with Gasteiger partial charge < -0.3 is 23.7 Å². The quantitative estimate of drug-likeness (QED) is 0.394. The van der Waals surface area contributed by atoms with Gasteiger partial charge in [0.1, 0.15) is 12.6 Å². The molecular formula is C22H19NO10. The molecule has 11 heteroatoms. The van der Waals surface area contributed by atoms with E-state index >= 15 is 0 Å². The Morgan fingerprint density at radius 3 is 2.45 bits per heavy atom. The van der Waals surface area contributed by atoms with E-state index in [1.807, 2.05) is 0 Å². The topological polar surface area (TPSA) is 151 Å². The number of carbonyl (C=O) groups excluding carboxylic acids is 2. The van der Waals surface area contributed by atoms with Crippen molar-refractivity contribution in [3.63, 3.8) is 0 Å². The Balaban J connectivity index is 1.84. The smallest absolute Gasteiger partial charge is 0.480 e. The van der Waals surface area contributed by atoms with Gasteiger partial charge in [-0.25, -0.2) is 19.0 Å². The van der Waals surface area contributed by atoms with E-state index in [4.69, 9.17) is 13.9 Å². The highest BCUT2D eigenvalue weighted by Gasteiger charge is 2.27. The summed E-state index contributed by atoms with van der Waals surface area (Å²) in [5, 5.41) is 9.40. The van der Waals surface area contributed by atoms with Gasteiger partial charge in [-0.1, -0.05) is 36.4 Å². The summed E-state index contributed by atoms with van der Waals surface area (Å²) in [5.41, 5.74) is -0.584. The normalized spacial score (nSPS) is 11.5. The van der Waals surface area contributed by atoms with Gasteiger partial charge in [0.05, 0.1) is 12.5 Å². The zero-order chi connectivity index (χ0) is 24.0. The van der Waals surface area contributed by atoms with Crippen LogP contribution >= 0.6 is 0 Å². The number of carboxylic acids is 1. The average Bonchev–Trinajstić information content (AvgIpc) is 2.80. The van der Waals surface area contributed by atoms with Crippen molar-refractivity contribution in [3.8, 4) is 5.75 Å². The van der Waals surface area contributed by atoms with Crippen molar-refractivity contribution in [2.45, 2.75) is 25.5 Å². The first-order chi connectivity index (χ1) is 15.8. The lowest BCUT2D eigenvalue weighted by molar-refractivity contribution is -0.146. The highest BCUT2D eigenvalue weighted by Crippen LogP contribution is 2.23. The SMILES string of the molecule is COC(=O)Oc1cccc2c(=O)n([C@@H](CCC(=O)OCc3ccccc3)C(=O)O)c(=O)oc12. The zero-order valence-corrected chi connectivity index (χ0v) is 17.4. The average molecular weight is 457 g/mol. The van der Waals surface area contributed by atoms with Crippen molar-refractivity contribution in [3.05, 3.63) is 75.0 Å². The maximum Gasteiger partial charge on any atom is 0.513 e. The van der Waals surface area contributed by atoms with Gasteiger partial charge >= 0.3 is 23.9 Å². The van der Waals surface area contributed by atoms with Gasteiger partial charge in [-0.3, -0.25) is 9.59 Å². The number of esters is 1. The second-order valence-corrected chi connectivity index (χ2v) is 6.77. The van der Waals surface area contributed by atoms with E-state index in [0.717, 1.165) is 12.7 Å². The second kappa shape index (κ2) is 10.3. The number of methoxy groups -OCH3 is 1. The van der Waals surface area contributed by atoms with E-state index in [0.29, 0.717) is 4.57 Å². The molecule has 0 spiro atoms. The molecule has 0 aliphatic rings. The molecule has 1 N–H and O–H groups in total. The second-order valence-electron chi connectivity index (χ2n) is 6.77. The molecule has 0 aliphatic heterocycles. The molecule has 1 aromatic heterocycles. The summed E-state index contributed by atoms with van der Waals surface area (Å²) in [5.74, 6) is -3.76. The number of para-hydroxylation sites is 1. The Hall–Kier alpha value is -4.41. The molecule has 0 aliphatic carbocycles. The van der Waals surface area contributed by atoms with Crippen LogP contribution in [-0.2, 0) is 25.7 Å². The first-order valence-electron chi connectivity index (χ1n) is 9.68. The molecule has 0 unspecified atom stereocenters. The lowest BCUT2D eigenvalue weighted by atomic mass is 10.1. The number of carbonyl (C=O) groups is 3. The maximum atomic E-state index is 12.9. The highest BCUT2D eigenvalue weighted by molar-refractivity contribution is 5.84. The third-order valence-corrected chi connectivity index (χ3v) is 4.64. The number of benzene rings is 2. The summed E-state index contributed by atoms with van der Waals surface area (Å²) in [6.07, 6.45) is -1.86. The van der Waals surface area contributed by atoms with Crippen molar-refractivity contribution in [1.29, 1.82) is 0 Å². The number of rotatable bonds is 8. The lowest BCUT2D eigenvalue weighted by Gasteiger charge is -2.15. The molecule has 2 aromatic carbocycles. The summed E-state index contributed by atoms with van der Waals surface area (Å²) in [4.78, 5) is 60.7. The predicted octanol–water partition coefficient (Wildman–Crippen LogP) is 2.25. The van der Waals surface area contributed by atoms with Crippen molar-refractivity contribution >= 4 is 29.1 Å². The Labute approximate surface area is 185 Å². The van der Waals surface area contributed by atoms with Crippen LogP contribution in [0.5, 0.6) is 5.75 Å². The molecule has 33 heavy (non-hydrogen) atoms. The minimum absolute atomic E-state index is 0.00154. The molecule has 172 valence electrons. The van der Waals surface area contributed by atoms with Crippen molar-refractivity contribution < 1.29 is 38.1 Å². The molecule has 0 fully saturated rings. The fourth-order valence-electron chi connectivity index (χ4n) is 3.05. The largest absolute Gasteiger partial charge is 0.513 e. The third kappa shape index (κ3) is 5.45. The standard InChI is InChI=1S/C22H19NO10/c1-30-22(29)32-16-9-5-8-14-18(16)33-21(28)23(19(14)25)15(20(26)27)10-11-17(24)31-12-13-6-3-2-4-7-13/h2-9,15H,10-12H2,1H3,(H,26,27)/t15-/m0/s1. The van der Waals surface area contributed by atoms with Gasteiger partial charge in [0, 0.05) is 6.42 Å². The molecule has 0 saturated heterocycles. The van der Waals surface area contributed by atoms with Crippen LogP contribution in [0.4, 0.5) is 4.79 Å². The third-order valence-electron chi connectivity index (χ3n) is 4.64. The van der Waals surface area contributed by atoms with Crippen molar-refractivity contribution in [2.75, 3.05) is 7.11 Å². The first-order valence-corrected chi connectivity index (χ1v) is 9.68. The fourth-order valence-corrected chi connectivity index (χ4v) is 3.05. The highest BCUT2D eigenvalue weighted by atomic mass is 16.7. The number of ether oxygens (including phenoxy) is 3. The van der Waals surface area contributed by atoms with Crippen LogP contribution in [0.2, 0.25) is 0 Å². The van der Waals surface area contributed by atoms with E-state index in [-0.39, 0.29) is 29.7 Å². The summed E-state index contributed by atoms with van der Waals surface area (Å²) >= 11 is 0. The van der Waals surface area contributed by atoms with Gasteiger partial charge in [-0.15, -0.1) is 0 Å². The van der Waals surface area contributed by atoms with Gasteiger partial charge in [0.2, 0.25) is 0 Å². The van der Waals surface area contributed by atoms with Crippen LogP contribution in [0.25, 0.3) is 11.0 Å². The number of hydrogen-bond acceptors (Lipinski definition) is 9. The van der Waals surface area contributed by atoms with Crippen LogP contribution in [0, 0.1) is 0 Å². The molecule has 0 radical (unpaired) electrons. The van der Waals surface area contributed by atoms with Crippen LogP contribution < -0.4 is 16.1 Å². The van der Waals surface area contributed by atoms with Crippen LogP contribution in [0.1, 0.15) is 24.4 Å². The van der Waals surface area contributed by atoms with Crippen LogP contribution in [0.3, 0.4) is 0 Å². The Kier molecular flexibility index (Phi) is 7.24. The number of aromatic nitrogens is 1. The Morgan fingerprint density at radius 1 is 1.06 bits per heavy atom. The van der Waals surface area contributed by atoms with E-state index in [1.165, 1.54) is 18.2 Å². The summed E-state index contributed by atoms with van der Waals surface area (Å²) in [6, 6.07) is 11.1. The molecule has 0 bridgehead atoms. The number of carboxylic acid groups (broad SMARTS) is 1. The monoisotopic (exact) mass is 457 g/mol. The number of aliphatic carboxylic acids is 1. The Bertz CT molecular complexity index is 1290. The maximum absolute atomic E-state index is 12.9. The van der Waals surface area contributed by atoms with E-state index < -0.39 is 41.9 Å². The lowest BCUT2D eigenvalue weighted by Crippen LogP contribution is -2.39. The molecule has 3 rings (SSSR count). The number of nitrogens with zero attached hydrogens (tertiary/aromatic N) is 1. The van der Waals surface area contributed by atoms with Crippen molar-refractivity contribution in [1.82, 2.24) is 4.57 Å². The first kappa shape index (κ1) is 23.3. The molecule has 0 saturated carbocycles. The fraction of sp³-hybridized carbons (Fsp3) is 0.227. The van der Waals surface area contributed by atoms with E-state index in [9.17, 15) is 29.1 Å². The molecule has 1 heterocycles. The van der Waals surface area contributed by atoms with Gasteiger partial charge in [0.15, 0.2) is 11.3 Å². The summed E-state index contributed by atoms with van der Waals surface area (Å²) < 4.78 is 19.8. The minimum atomic E-state index is -1.69. The van der Waals surface area contributed by atoms with Gasteiger partial charge in [0.25, 0.3) is 5.56 Å². The van der Waals surface area contributed by atoms with Gasteiger partial charge in [-0.2, -0.15) is 0 Å². The van der Waals surface area contributed by atoms with Crippen LogP contribution in [0.15, 0.2) is 62.5 Å². The Morgan fingerprint density at radius 2 is 1.79 bits per heavy atom. The number of fused-ring (bicyclic) bond motifs is 1. The molecular weight excluding hydrogens is 438 g/mol. The molecule has 3 aromatic rings. The van der Waals surface area contributed by atoms with E-state index in [2.05, 4.69) is 4.74 Å². The number of hydrogen-bond donors (Lipinski definition) is 1.